The maximum Gasteiger partial charge on any atom is 0.132 e. The van der Waals surface area contributed by atoms with Gasteiger partial charge in [-0.2, -0.15) is 0 Å². The second kappa shape index (κ2) is 11.6. The van der Waals surface area contributed by atoms with Gasteiger partial charge in [0.1, 0.15) is 23.0 Å². The molecule has 1 N–H and O–H groups in total. The van der Waals surface area contributed by atoms with Gasteiger partial charge in [0.05, 0.1) is 11.5 Å². The predicted octanol–water partition coefficient (Wildman–Crippen LogP) is 10.8. The van der Waals surface area contributed by atoms with E-state index < -0.39 is 5.41 Å². The molecule has 2 aliphatic carbocycles. The first-order chi connectivity index (χ1) is 25.8. The van der Waals surface area contributed by atoms with Crippen molar-refractivity contribution in [2.24, 2.45) is 11.8 Å². The molecule has 0 bridgehead atoms. The standard InChI is InChI=1S/C48H40N2O2/c1-2-12-34(13-3-1)50-42-18-7-4-14-35(42)36-28-31(22-25-43(36)50)32-23-26-46-40(29-32)48(37-15-5-8-19-44(37)51-46)38-16-6-9-20-45(38)52-47-30-33(21-24-39(47)48)41-17-10-11-27-49-41/h1-6,8-9,12-17,19-26,28-30,35-36,42-43,49H,7,10-11,18,27H2. The van der Waals surface area contributed by atoms with Gasteiger partial charge < -0.3 is 19.7 Å². The lowest BCUT2D eigenvalue weighted by Gasteiger charge is -2.45. The number of nitrogens with zero attached hydrogens (tertiary/aromatic N) is 1. The Morgan fingerprint density at radius 1 is 0.635 bits per heavy atom. The Morgan fingerprint density at radius 2 is 1.37 bits per heavy atom. The third kappa shape index (κ3) is 4.33. The van der Waals surface area contributed by atoms with E-state index in [9.17, 15) is 0 Å². The molecule has 52 heavy (non-hydrogen) atoms. The molecule has 254 valence electrons. The molecule has 0 radical (unpaired) electrons. The first-order valence-electron chi connectivity index (χ1n) is 19.0. The Labute approximate surface area is 305 Å². The molecule has 4 heterocycles. The minimum atomic E-state index is -0.632. The Morgan fingerprint density at radius 3 is 2.17 bits per heavy atom. The summed E-state index contributed by atoms with van der Waals surface area (Å²) < 4.78 is 13.6. The molecule has 5 aromatic rings. The zero-order valence-corrected chi connectivity index (χ0v) is 29.0. The smallest absolute Gasteiger partial charge is 0.132 e. The van der Waals surface area contributed by atoms with E-state index >= 15 is 0 Å². The van der Waals surface area contributed by atoms with E-state index in [-0.39, 0.29) is 0 Å². The fourth-order valence-electron chi connectivity index (χ4n) is 10.1. The van der Waals surface area contributed by atoms with Crippen LogP contribution in [-0.4, -0.2) is 18.6 Å². The Bertz CT molecular complexity index is 2360. The third-order valence-corrected chi connectivity index (χ3v) is 12.3. The molecule has 5 unspecified atom stereocenters. The highest BCUT2D eigenvalue weighted by molar-refractivity contribution is 5.82. The molecular weight excluding hydrogens is 637 g/mol. The molecule has 0 saturated carbocycles. The first kappa shape index (κ1) is 29.9. The fraction of sp³-hybridized carbons (Fsp3) is 0.208. The van der Waals surface area contributed by atoms with Crippen molar-refractivity contribution < 1.29 is 9.47 Å². The maximum absolute atomic E-state index is 6.83. The lowest BCUT2D eigenvalue weighted by atomic mass is 9.62. The fourth-order valence-corrected chi connectivity index (χ4v) is 10.1. The Kier molecular flexibility index (Phi) is 6.70. The monoisotopic (exact) mass is 676 g/mol. The van der Waals surface area contributed by atoms with E-state index in [4.69, 9.17) is 9.47 Å². The molecule has 5 atom stereocenters. The average molecular weight is 677 g/mol. The molecule has 1 saturated heterocycles. The summed E-state index contributed by atoms with van der Waals surface area (Å²) in [6, 6.07) is 42.7. The molecule has 5 aromatic carbocycles. The van der Waals surface area contributed by atoms with Crippen molar-refractivity contribution >= 4 is 17.0 Å². The molecule has 6 aliphatic rings. The van der Waals surface area contributed by atoms with Crippen molar-refractivity contribution in [2.75, 3.05) is 11.4 Å². The highest BCUT2D eigenvalue weighted by atomic mass is 16.5. The lowest BCUT2D eigenvalue weighted by Crippen LogP contribution is -2.38. The molecule has 0 aromatic heterocycles. The Hall–Kier alpha value is -5.74. The van der Waals surface area contributed by atoms with Gasteiger partial charge in [-0.3, -0.25) is 0 Å². The molecule has 1 fully saturated rings. The zero-order valence-electron chi connectivity index (χ0n) is 29.0. The van der Waals surface area contributed by atoms with Gasteiger partial charge in [0, 0.05) is 63.6 Å². The van der Waals surface area contributed by atoms with Crippen molar-refractivity contribution in [3.8, 4) is 23.0 Å². The van der Waals surface area contributed by atoms with Crippen molar-refractivity contribution in [2.45, 2.75) is 43.2 Å². The number of anilines is 1. The summed E-state index contributed by atoms with van der Waals surface area (Å²) in [7, 11) is 0. The zero-order chi connectivity index (χ0) is 34.2. The van der Waals surface area contributed by atoms with Gasteiger partial charge in [-0.1, -0.05) is 109 Å². The lowest BCUT2D eigenvalue weighted by molar-refractivity contribution is 0.399. The van der Waals surface area contributed by atoms with Gasteiger partial charge in [-0.05, 0) is 79.3 Å². The van der Waals surface area contributed by atoms with Gasteiger partial charge in [0.2, 0.25) is 0 Å². The number of nitrogens with one attached hydrogen (secondary N) is 1. The number of para-hydroxylation sites is 3. The number of hydrogen-bond donors (Lipinski definition) is 1. The number of allylic oxidation sites excluding steroid dienone is 4. The second-order valence-electron chi connectivity index (χ2n) is 15.0. The number of hydrogen-bond acceptors (Lipinski definition) is 4. The summed E-state index contributed by atoms with van der Waals surface area (Å²) in [5, 5.41) is 3.62. The molecule has 11 rings (SSSR count). The van der Waals surface area contributed by atoms with Crippen LogP contribution in [0.1, 0.15) is 59.1 Å². The summed E-state index contributed by atoms with van der Waals surface area (Å²) in [6.07, 6.45) is 19.2. The number of fused-ring (bicyclic) bond motifs is 11. The van der Waals surface area contributed by atoms with Crippen LogP contribution in [0.4, 0.5) is 5.69 Å². The van der Waals surface area contributed by atoms with Crippen LogP contribution in [-0.2, 0) is 5.41 Å². The van der Waals surface area contributed by atoms with E-state index in [1.54, 1.807) is 0 Å². The van der Waals surface area contributed by atoms with Crippen molar-refractivity contribution in [3.63, 3.8) is 0 Å². The van der Waals surface area contributed by atoms with Crippen LogP contribution in [0, 0.1) is 11.8 Å². The summed E-state index contributed by atoms with van der Waals surface area (Å²) in [6.45, 7) is 0.991. The minimum Gasteiger partial charge on any atom is -0.457 e. The molecule has 4 heteroatoms. The van der Waals surface area contributed by atoms with E-state index in [1.165, 1.54) is 28.9 Å². The summed E-state index contributed by atoms with van der Waals surface area (Å²) >= 11 is 0. The Balaban J connectivity index is 1.09. The topological polar surface area (TPSA) is 33.7 Å². The highest BCUT2D eigenvalue weighted by Gasteiger charge is 2.51. The summed E-state index contributed by atoms with van der Waals surface area (Å²) in [5.74, 6) is 4.42. The number of benzene rings is 5. The quantitative estimate of drug-likeness (QED) is 0.189. The van der Waals surface area contributed by atoms with Gasteiger partial charge >= 0.3 is 0 Å². The second-order valence-corrected chi connectivity index (χ2v) is 15.0. The molecule has 4 nitrogen and oxygen atoms in total. The van der Waals surface area contributed by atoms with Crippen molar-refractivity contribution in [3.05, 3.63) is 185 Å². The van der Waals surface area contributed by atoms with Crippen LogP contribution in [0.3, 0.4) is 0 Å². The van der Waals surface area contributed by atoms with Crippen LogP contribution >= 0.6 is 0 Å². The third-order valence-electron chi connectivity index (χ3n) is 12.3. The highest BCUT2D eigenvalue weighted by Crippen LogP contribution is 2.62. The van der Waals surface area contributed by atoms with E-state index in [0.717, 1.165) is 76.6 Å². The van der Waals surface area contributed by atoms with Crippen LogP contribution in [0.2, 0.25) is 0 Å². The summed E-state index contributed by atoms with van der Waals surface area (Å²) in [4.78, 5) is 2.69. The van der Waals surface area contributed by atoms with Crippen LogP contribution in [0.5, 0.6) is 23.0 Å². The predicted molar refractivity (Wildman–Crippen MR) is 209 cm³/mol. The maximum atomic E-state index is 6.83. The van der Waals surface area contributed by atoms with Gasteiger partial charge in [-0.15, -0.1) is 0 Å². The van der Waals surface area contributed by atoms with Crippen molar-refractivity contribution in [1.29, 1.82) is 0 Å². The number of ether oxygens (including phenoxy) is 2. The minimum absolute atomic E-state index is 0.334. The van der Waals surface area contributed by atoms with Gasteiger partial charge in [-0.25, -0.2) is 0 Å². The molecule has 4 aliphatic heterocycles. The number of rotatable bonds is 3. The molecule has 1 spiro atoms. The average Bonchev–Trinajstić information content (AvgIpc) is 3.55. The van der Waals surface area contributed by atoms with Crippen LogP contribution in [0.15, 0.2) is 152 Å². The van der Waals surface area contributed by atoms with Crippen LogP contribution < -0.4 is 19.7 Å². The normalized spacial score (nSPS) is 25.9. The van der Waals surface area contributed by atoms with E-state index in [2.05, 4.69) is 162 Å². The van der Waals surface area contributed by atoms with Crippen molar-refractivity contribution in [1.82, 2.24) is 5.32 Å². The largest absolute Gasteiger partial charge is 0.457 e. The SMILES string of the molecule is C1=CC2C3C=C(c4ccc5c(c4)C4(c6ccccc6Oc6cc(C7=CCCCN7)ccc64)c4ccccc4O5)C=CC3N(c3ccccc3)C2CC1. The van der Waals surface area contributed by atoms with Crippen LogP contribution in [0.25, 0.3) is 11.3 Å². The molecular formula is C48H40N2O2. The van der Waals surface area contributed by atoms with Gasteiger partial charge in [0.15, 0.2) is 0 Å². The van der Waals surface area contributed by atoms with Gasteiger partial charge in [0.25, 0.3) is 0 Å². The van der Waals surface area contributed by atoms with E-state index in [1.807, 2.05) is 0 Å². The van der Waals surface area contributed by atoms with E-state index in [0.29, 0.717) is 23.9 Å². The summed E-state index contributed by atoms with van der Waals surface area (Å²) in [5.41, 5.74) is 10.1. The first-order valence-corrected chi connectivity index (χ1v) is 19.0. The molecule has 0 amide bonds.